The maximum absolute atomic E-state index is 12.0. The van der Waals surface area contributed by atoms with E-state index in [4.69, 9.17) is 14.7 Å². The van der Waals surface area contributed by atoms with Crippen LogP contribution in [0.3, 0.4) is 0 Å². The van der Waals surface area contributed by atoms with E-state index in [1.807, 2.05) is 29.6 Å². The number of hydrogen-bond donors (Lipinski definition) is 3. The van der Waals surface area contributed by atoms with Crippen LogP contribution in [0.5, 0.6) is 11.5 Å². The van der Waals surface area contributed by atoms with Gasteiger partial charge in [0.2, 0.25) is 6.79 Å². The van der Waals surface area contributed by atoms with Crippen molar-refractivity contribution < 1.29 is 19.5 Å². The highest BCUT2D eigenvalue weighted by Crippen LogP contribution is 2.36. The second-order valence-electron chi connectivity index (χ2n) is 5.23. The van der Waals surface area contributed by atoms with Crippen LogP contribution < -0.4 is 15.0 Å². The summed E-state index contributed by atoms with van der Waals surface area (Å²) >= 11 is 1.28. The summed E-state index contributed by atoms with van der Waals surface area (Å²) in [7, 11) is 0. The molecule has 1 amide bonds. The minimum absolute atomic E-state index is 0.217. The Bertz CT molecular complexity index is 889. The summed E-state index contributed by atoms with van der Waals surface area (Å²) in [5.41, 5.74) is 5.20. The number of hydroxylamine groups is 1. The van der Waals surface area contributed by atoms with E-state index in [0.29, 0.717) is 22.8 Å². The first-order chi connectivity index (χ1) is 11.8. The first kappa shape index (κ1) is 14.7. The fraction of sp³-hybridized carbons (Fsp3) is 0.125. The molecule has 7 nitrogen and oxygen atoms in total. The van der Waals surface area contributed by atoms with Gasteiger partial charge in [-0.1, -0.05) is 6.07 Å². The van der Waals surface area contributed by atoms with Crippen molar-refractivity contribution in [1.29, 1.82) is 0 Å². The van der Waals surface area contributed by atoms with Gasteiger partial charge in [-0.3, -0.25) is 15.1 Å². The summed E-state index contributed by atoms with van der Waals surface area (Å²) in [6.45, 7) is 0.217. The molecular weight excluding hydrogens is 330 g/mol. The minimum Gasteiger partial charge on any atom is -0.454 e. The summed E-state index contributed by atoms with van der Waals surface area (Å²) in [5.74, 6) is 0.881. The molecule has 0 unspecified atom stereocenters. The van der Waals surface area contributed by atoms with Gasteiger partial charge in [-0.15, -0.1) is 11.3 Å². The van der Waals surface area contributed by atoms with Gasteiger partial charge in [0.05, 0.1) is 10.6 Å². The molecular formula is C16H13N3O4S. The second-order valence-corrected chi connectivity index (χ2v) is 6.11. The van der Waals surface area contributed by atoms with Crippen LogP contribution in [-0.2, 0) is 6.42 Å². The molecule has 1 aliphatic heterocycles. The first-order valence-corrected chi connectivity index (χ1v) is 8.07. The molecule has 1 aliphatic rings. The third-order valence-electron chi connectivity index (χ3n) is 3.81. The van der Waals surface area contributed by atoms with E-state index in [1.54, 1.807) is 11.7 Å². The number of H-pyrrole nitrogens is 1. The average Bonchev–Trinajstić information content (AvgIpc) is 3.33. The minimum atomic E-state index is -0.526. The summed E-state index contributed by atoms with van der Waals surface area (Å²) in [4.78, 5) is 12.4. The van der Waals surface area contributed by atoms with Gasteiger partial charge in [0, 0.05) is 17.1 Å². The largest absolute Gasteiger partial charge is 0.454 e. The van der Waals surface area contributed by atoms with Gasteiger partial charge in [-0.25, -0.2) is 5.48 Å². The zero-order valence-corrected chi connectivity index (χ0v) is 13.2. The van der Waals surface area contributed by atoms with E-state index in [9.17, 15) is 4.79 Å². The molecule has 0 bridgehead atoms. The van der Waals surface area contributed by atoms with Gasteiger partial charge in [0.25, 0.3) is 5.91 Å². The van der Waals surface area contributed by atoms with Crippen molar-refractivity contribution in [2.24, 2.45) is 0 Å². The third-order valence-corrected chi connectivity index (χ3v) is 4.83. The summed E-state index contributed by atoms with van der Waals surface area (Å²) in [5, 5.41) is 17.7. The normalized spacial score (nSPS) is 12.4. The molecule has 0 fully saturated rings. The van der Waals surface area contributed by atoms with Crippen LogP contribution in [0.25, 0.3) is 11.3 Å². The lowest BCUT2D eigenvalue weighted by molar-refractivity contribution is 0.0710. The van der Waals surface area contributed by atoms with Gasteiger partial charge < -0.3 is 9.47 Å². The van der Waals surface area contributed by atoms with E-state index in [1.165, 1.54) is 11.3 Å². The SMILES string of the molecule is O=C(NO)c1scc(-c2ccn[nH]2)c1Cc1ccc2c(c1)OCO2. The van der Waals surface area contributed by atoms with Crippen molar-refractivity contribution in [3.05, 3.63) is 51.8 Å². The molecule has 0 atom stereocenters. The molecule has 4 rings (SSSR count). The van der Waals surface area contributed by atoms with Gasteiger partial charge in [-0.05, 0) is 35.7 Å². The van der Waals surface area contributed by atoms with E-state index in [0.717, 1.165) is 22.4 Å². The Morgan fingerprint density at radius 3 is 3.00 bits per heavy atom. The highest BCUT2D eigenvalue weighted by atomic mass is 32.1. The Morgan fingerprint density at radius 2 is 2.21 bits per heavy atom. The zero-order chi connectivity index (χ0) is 16.5. The van der Waals surface area contributed by atoms with Gasteiger partial charge in [-0.2, -0.15) is 5.10 Å². The smallest absolute Gasteiger partial charge is 0.285 e. The number of amides is 1. The highest BCUT2D eigenvalue weighted by molar-refractivity contribution is 7.12. The van der Waals surface area contributed by atoms with Crippen molar-refractivity contribution in [3.63, 3.8) is 0 Å². The fourth-order valence-electron chi connectivity index (χ4n) is 2.69. The number of aromatic amines is 1. The molecule has 3 N–H and O–H groups in total. The Balaban J connectivity index is 1.75. The number of benzene rings is 1. The van der Waals surface area contributed by atoms with Crippen LogP contribution in [0.2, 0.25) is 0 Å². The monoisotopic (exact) mass is 343 g/mol. The number of nitrogens with one attached hydrogen (secondary N) is 2. The number of carbonyl (C=O) groups is 1. The Morgan fingerprint density at radius 1 is 1.33 bits per heavy atom. The number of thiophene rings is 1. The Labute approximate surface area is 140 Å². The summed E-state index contributed by atoms with van der Waals surface area (Å²) in [6.07, 6.45) is 2.17. The zero-order valence-electron chi connectivity index (χ0n) is 12.4. The molecule has 0 saturated heterocycles. The van der Waals surface area contributed by atoms with E-state index in [-0.39, 0.29) is 6.79 Å². The van der Waals surface area contributed by atoms with Crippen LogP contribution in [0, 0.1) is 0 Å². The van der Waals surface area contributed by atoms with Gasteiger partial charge in [0.1, 0.15) is 0 Å². The van der Waals surface area contributed by atoms with E-state index >= 15 is 0 Å². The van der Waals surface area contributed by atoms with Gasteiger partial charge >= 0.3 is 0 Å². The van der Waals surface area contributed by atoms with E-state index < -0.39 is 5.91 Å². The molecule has 2 aromatic heterocycles. The van der Waals surface area contributed by atoms with Crippen LogP contribution in [-0.4, -0.2) is 28.1 Å². The van der Waals surface area contributed by atoms with E-state index in [2.05, 4.69) is 10.2 Å². The standard InChI is InChI=1S/C16H13N3O4S/c20-16(19-21)15-10(11(7-24-15)12-3-4-17-18-12)5-9-1-2-13-14(6-9)23-8-22-13/h1-4,6-7,21H,5,8H2,(H,17,18)(H,19,20). The second kappa shape index (κ2) is 5.99. The van der Waals surface area contributed by atoms with Gasteiger partial charge in [0.15, 0.2) is 11.5 Å². The number of fused-ring (bicyclic) bond motifs is 1. The summed E-state index contributed by atoms with van der Waals surface area (Å²) in [6, 6.07) is 7.53. The lowest BCUT2D eigenvalue weighted by Gasteiger charge is -2.07. The molecule has 0 saturated carbocycles. The molecule has 0 spiro atoms. The van der Waals surface area contributed by atoms with Crippen molar-refractivity contribution >= 4 is 17.2 Å². The number of carbonyl (C=O) groups excluding carboxylic acids is 1. The maximum atomic E-state index is 12.0. The molecule has 122 valence electrons. The lowest BCUT2D eigenvalue weighted by atomic mass is 9.99. The quantitative estimate of drug-likeness (QED) is 0.500. The molecule has 3 aromatic rings. The number of aromatic nitrogens is 2. The topological polar surface area (TPSA) is 96.5 Å². The highest BCUT2D eigenvalue weighted by Gasteiger charge is 2.21. The number of hydrogen-bond acceptors (Lipinski definition) is 6. The predicted molar refractivity (Wildman–Crippen MR) is 86.5 cm³/mol. The molecule has 24 heavy (non-hydrogen) atoms. The molecule has 1 aromatic carbocycles. The number of ether oxygens (including phenoxy) is 2. The lowest BCUT2D eigenvalue weighted by Crippen LogP contribution is -2.18. The van der Waals surface area contributed by atoms with Crippen molar-refractivity contribution in [2.45, 2.75) is 6.42 Å². The first-order valence-electron chi connectivity index (χ1n) is 7.19. The summed E-state index contributed by atoms with van der Waals surface area (Å²) < 4.78 is 10.7. The number of rotatable bonds is 4. The molecule has 0 aliphatic carbocycles. The van der Waals surface area contributed by atoms with Crippen molar-refractivity contribution in [1.82, 2.24) is 15.7 Å². The van der Waals surface area contributed by atoms with Crippen molar-refractivity contribution in [2.75, 3.05) is 6.79 Å². The maximum Gasteiger partial charge on any atom is 0.285 e. The Kier molecular flexibility index (Phi) is 3.68. The van der Waals surface area contributed by atoms with Crippen LogP contribution in [0.4, 0.5) is 0 Å². The number of nitrogens with zero attached hydrogens (tertiary/aromatic N) is 1. The average molecular weight is 343 g/mol. The fourth-order valence-corrected chi connectivity index (χ4v) is 3.67. The Hall–Kier alpha value is -2.84. The van der Waals surface area contributed by atoms with Crippen LogP contribution in [0.15, 0.2) is 35.8 Å². The predicted octanol–water partition coefficient (Wildman–Crippen LogP) is 2.58. The van der Waals surface area contributed by atoms with Crippen LogP contribution in [0.1, 0.15) is 20.8 Å². The third kappa shape index (κ3) is 2.51. The van der Waals surface area contributed by atoms with Crippen molar-refractivity contribution in [3.8, 4) is 22.8 Å². The molecule has 3 heterocycles. The van der Waals surface area contributed by atoms with Crippen LogP contribution >= 0.6 is 11.3 Å². The molecule has 0 radical (unpaired) electrons. The molecule has 8 heteroatoms.